The number of carbonyl (C=O) groups is 2. The van der Waals surface area contributed by atoms with Gasteiger partial charge in [0.05, 0.1) is 17.1 Å². The Labute approximate surface area is 117 Å². The Balaban J connectivity index is 2.38. The van der Waals surface area contributed by atoms with Crippen LogP contribution >= 0.6 is 11.6 Å². The van der Waals surface area contributed by atoms with Crippen LogP contribution in [0.3, 0.4) is 0 Å². The van der Waals surface area contributed by atoms with Crippen LogP contribution in [0.4, 0.5) is 0 Å². The first kappa shape index (κ1) is 15.5. The summed E-state index contributed by atoms with van der Waals surface area (Å²) in [6.45, 7) is 2.06. The molecule has 5 nitrogen and oxygen atoms in total. The van der Waals surface area contributed by atoms with Crippen LogP contribution < -0.4 is 10.6 Å². The minimum Gasteiger partial charge on any atom is -0.396 e. The number of benzene rings is 1. The van der Waals surface area contributed by atoms with E-state index in [0.29, 0.717) is 17.1 Å². The van der Waals surface area contributed by atoms with Crippen LogP contribution in [0.2, 0.25) is 5.02 Å². The van der Waals surface area contributed by atoms with E-state index in [1.807, 2.05) is 6.92 Å². The Hall–Kier alpha value is -1.59. The molecule has 1 rings (SSSR count). The number of hydrogen-bond donors (Lipinski definition) is 3. The predicted molar refractivity (Wildman–Crippen MR) is 73.0 cm³/mol. The molecule has 1 aromatic rings. The van der Waals surface area contributed by atoms with Crippen molar-refractivity contribution in [3.63, 3.8) is 0 Å². The third-order valence-electron chi connectivity index (χ3n) is 2.49. The Morgan fingerprint density at radius 1 is 1.32 bits per heavy atom. The van der Waals surface area contributed by atoms with Crippen LogP contribution in [-0.4, -0.2) is 36.6 Å². The summed E-state index contributed by atoms with van der Waals surface area (Å²) in [5.74, 6) is -0.708. The number of aliphatic hydroxyl groups excluding tert-OH is 1. The van der Waals surface area contributed by atoms with Crippen LogP contribution in [0, 0.1) is 5.92 Å². The molecule has 1 atom stereocenters. The van der Waals surface area contributed by atoms with Gasteiger partial charge in [0, 0.05) is 13.2 Å². The summed E-state index contributed by atoms with van der Waals surface area (Å²) in [5, 5.41) is 14.2. The van der Waals surface area contributed by atoms with Crippen molar-refractivity contribution in [1.82, 2.24) is 10.6 Å². The van der Waals surface area contributed by atoms with E-state index in [1.54, 1.807) is 24.3 Å². The summed E-state index contributed by atoms with van der Waals surface area (Å²) < 4.78 is 0. The molecule has 0 heterocycles. The van der Waals surface area contributed by atoms with Gasteiger partial charge >= 0.3 is 0 Å². The summed E-state index contributed by atoms with van der Waals surface area (Å²) in [6, 6.07) is 6.62. The van der Waals surface area contributed by atoms with Gasteiger partial charge in [-0.05, 0) is 18.1 Å². The maximum Gasteiger partial charge on any atom is 0.253 e. The molecule has 0 aliphatic carbocycles. The van der Waals surface area contributed by atoms with E-state index >= 15 is 0 Å². The van der Waals surface area contributed by atoms with E-state index in [1.165, 1.54) is 0 Å². The molecule has 3 N–H and O–H groups in total. The minimum absolute atomic E-state index is 0.00621. The van der Waals surface area contributed by atoms with Crippen LogP contribution in [0.5, 0.6) is 0 Å². The van der Waals surface area contributed by atoms with Crippen LogP contribution in [0.25, 0.3) is 0 Å². The van der Waals surface area contributed by atoms with Crippen molar-refractivity contribution < 1.29 is 14.7 Å². The van der Waals surface area contributed by atoms with E-state index in [9.17, 15) is 9.59 Å². The molecule has 1 aromatic carbocycles. The lowest BCUT2D eigenvalue weighted by atomic mass is 10.2. The molecule has 0 aromatic heterocycles. The van der Waals surface area contributed by atoms with Gasteiger partial charge in [-0.15, -0.1) is 0 Å². The highest BCUT2D eigenvalue weighted by Gasteiger charge is 2.11. The van der Waals surface area contributed by atoms with E-state index in [2.05, 4.69) is 10.6 Å². The molecule has 0 spiro atoms. The van der Waals surface area contributed by atoms with Crippen molar-refractivity contribution >= 4 is 23.4 Å². The first-order chi connectivity index (χ1) is 9.04. The lowest BCUT2D eigenvalue weighted by Gasteiger charge is -2.10. The lowest BCUT2D eigenvalue weighted by molar-refractivity contribution is -0.120. The number of halogens is 1. The van der Waals surface area contributed by atoms with Gasteiger partial charge in [0.1, 0.15) is 0 Å². The molecule has 6 heteroatoms. The van der Waals surface area contributed by atoms with E-state index in [4.69, 9.17) is 16.7 Å². The SMILES string of the molecule is CC(CO)CNC(=O)CNC(=O)c1ccccc1Cl. The number of carbonyl (C=O) groups excluding carboxylic acids is 2. The number of hydrogen-bond acceptors (Lipinski definition) is 3. The second-order valence-corrected chi connectivity index (χ2v) is 4.66. The molecular weight excluding hydrogens is 268 g/mol. The zero-order valence-corrected chi connectivity index (χ0v) is 11.4. The van der Waals surface area contributed by atoms with E-state index in [-0.39, 0.29) is 25.0 Å². The second kappa shape index (κ2) is 7.76. The van der Waals surface area contributed by atoms with Crippen LogP contribution in [0.15, 0.2) is 24.3 Å². The molecule has 0 bridgehead atoms. The maximum absolute atomic E-state index is 11.7. The standard InChI is InChI=1S/C13H17ClN2O3/c1-9(8-17)6-15-12(18)7-16-13(19)10-4-2-3-5-11(10)14/h2-5,9,17H,6-8H2,1H3,(H,15,18)(H,16,19). The Morgan fingerprint density at radius 2 is 2.00 bits per heavy atom. The molecular formula is C13H17ClN2O3. The highest BCUT2D eigenvalue weighted by atomic mass is 35.5. The number of rotatable bonds is 6. The van der Waals surface area contributed by atoms with Crippen molar-refractivity contribution in [1.29, 1.82) is 0 Å². The van der Waals surface area contributed by atoms with Gasteiger partial charge in [0.15, 0.2) is 0 Å². The smallest absolute Gasteiger partial charge is 0.253 e. The molecule has 1 unspecified atom stereocenters. The molecule has 0 fully saturated rings. The van der Waals surface area contributed by atoms with Gasteiger partial charge in [-0.1, -0.05) is 30.7 Å². The molecule has 0 saturated carbocycles. The van der Waals surface area contributed by atoms with Gasteiger partial charge < -0.3 is 15.7 Å². The zero-order chi connectivity index (χ0) is 14.3. The summed E-state index contributed by atoms with van der Waals surface area (Å²) >= 11 is 5.87. The Bertz CT molecular complexity index is 451. The maximum atomic E-state index is 11.7. The largest absolute Gasteiger partial charge is 0.396 e. The zero-order valence-electron chi connectivity index (χ0n) is 10.6. The first-order valence-electron chi connectivity index (χ1n) is 5.95. The molecule has 0 aliphatic rings. The van der Waals surface area contributed by atoms with Gasteiger partial charge in [-0.2, -0.15) is 0 Å². The number of aliphatic hydroxyl groups is 1. The summed E-state index contributed by atoms with van der Waals surface area (Å²) in [5.41, 5.74) is 0.334. The minimum atomic E-state index is -0.393. The quantitative estimate of drug-likeness (QED) is 0.723. The van der Waals surface area contributed by atoms with Crippen molar-refractivity contribution in [3.05, 3.63) is 34.9 Å². The Kier molecular flexibility index (Phi) is 6.32. The molecule has 0 saturated heterocycles. The van der Waals surface area contributed by atoms with Gasteiger partial charge in [0.2, 0.25) is 5.91 Å². The fourth-order valence-corrected chi connectivity index (χ4v) is 1.54. The normalized spacial score (nSPS) is 11.7. The molecule has 2 amide bonds. The first-order valence-corrected chi connectivity index (χ1v) is 6.32. The second-order valence-electron chi connectivity index (χ2n) is 4.25. The van der Waals surface area contributed by atoms with Gasteiger partial charge in [-0.25, -0.2) is 0 Å². The monoisotopic (exact) mass is 284 g/mol. The lowest BCUT2D eigenvalue weighted by Crippen LogP contribution is -2.39. The summed E-state index contributed by atoms with van der Waals surface area (Å²) in [7, 11) is 0. The molecule has 0 aliphatic heterocycles. The van der Waals surface area contributed by atoms with E-state index in [0.717, 1.165) is 0 Å². The molecule has 104 valence electrons. The average Bonchev–Trinajstić information content (AvgIpc) is 2.42. The fraction of sp³-hybridized carbons (Fsp3) is 0.385. The highest BCUT2D eigenvalue weighted by Crippen LogP contribution is 2.14. The predicted octanol–water partition coefficient (Wildman–Crippen LogP) is 0.814. The third-order valence-corrected chi connectivity index (χ3v) is 2.82. The van der Waals surface area contributed by atoms with Crippen molar-refractivity contribution in [2.45, 2.75) is 6.92 Å². The summed E-state index contributed by atoms with van der Waals surface area (Å²) in [6.07, 6.45) is 0. The Morgan fingerprint density at radius 3 is 2.63 bits per heavy atom. The average molecular weight is 285 g/mol. The van der Waals surface area contributed by atoms with Crippen molar-refractivity contribution in [2.75, 3.05) is 19.7 Å². The van der Waals surface area contributed by atoms with Gasteiger partial charge in [0.25, 0.3) is 5.91 Å². The van der Waals surface area contributed by atoms with Crippen LogP contribution in [0.1, 0.15) is 17.3 Å². The summed E-state index contributed by atoms with van der Waals surface area (Å²) in [4.78, 5) is 23.2. The molecule has 19 heavy (non-hydrogen) atoms. The van der Waals surface area contributed by atoms with E-state index < -0.39 is 5.91 Å². The number of nitrogens with one attached hydrogen (secondary N) is 2. The van der Waals surface area contributed by atoms with Crippen molar-refractivity contribution in [2.24, 2.45) is 5.92 Å². The fourth-order valence-electron chi connectivity index (χ4n) is 1.32. The van der Waals surface area contributed by atoms with Gasteiger partial charge in [-0.3, -0.25) is 9.59 Å². The third kappa shape index (κ3) is 5.28. The molecule has 0 radical (unpaired) electrons. The van der Waals surface area contributed by atoms with Crippen LogP contribution in [-0.2, 0) is 4.79 Å². The topological polar surface area (TPSA) is 78.4 Å². The highest BCUT2D eigenvalue weighted by molar-refractivity contribution is 6.33. The number of amides is 2. The van der Waals surface area contributed by atoms with Crippen molar-refractivity contribution in [3.8, 4) is 0 Å².